The van der Waals surface area contributed by atoms with Crippen LogP contribution in [0.25, 0.3) is 0 Å². The minimum Gasteiger partial charge on any atom is -0.448 e. The molecule has 2 amide bonds. The van der Waals surface area contributed by atoms with E-state index in [0.29, 0.717) is 5.57 Å². The predicted molar refractivity (Wildman–Crippen MR) is 147 cm³/mol. The molecule has 1 saturated heterocycles. The molecule has 198 valence electrons. The molecule has 2 atom stereocenters. The van der Waals surface area contributed by atoms with Crippen molar-refractivity contribution in [2.24, 2.45) is 0 Å². The molecule has 1 N–H and O–H groups in total. The summed E-state index contributed by atoms with van der Waals surface area (Å²) in [5.41, 5.74) is 2.97. The van der Waals surface area contributed by atoms with Gasteiger partial charge < -0.3 is 14.8 Å². The first-order valence-electron chi connectivity index (χ1n) is 12.6. The van der Waals surface area contributed by atoms with Crippen LogP contribution in [0, 0.1) is 12.3 Å². The number of nitrogens with zero attached hydrogens (tertiary/aromatic N) is 1. The van der Waals surface area contributed by atoms with Crippen LogP contribution < -0.4 is 5.32 Å². The number of likely N-dealkylation sites (tertiary alicyclic amines) is 1. The van der Waals surface area contributed by atoms with E-state index >= 15 is 0 Å². The van der Waals surface area contributed by atoms with E-state index in [1.165, 1.54) is 4.90 Å². The van der Waals surface area contributed by atoms with Gasteiger partial charge in [0.15, 0.2) is 18.4 Å². The summed E-state index contributed by atoms with van der Waals surface area (Å²) in [4.78, 5) is 40.9. The van der Waals surface area contributed by atoms with Crippen molar-refractivity contribution in [2.45, 2.75) is 38.6 Å². The van der Waals surface area contributed by atoms with Gasteiger partial charge in [0.1, 0.15) is 12.3 Å². The number of allylic oxidation sites excluding steroid dienone is 1. The Morgan fingerprint density at radius 2 is 1.46 bits per heavy atom. The minimum absolute atomic E-state index is 0.0486. The van der Waals surface area contributed by atoms with Gasteiger partial charge >= 0.3 is 5.97 Å². The average molecular weight is 523 g/mol. The molecular formula is C32H30N2O5. The monoisotopic (exact) mass is 522 g/mol. The Labute approximate surface area is 228 Å². The van der Waals surface area contributed by atoms with Crippen LogP contribution in [-0.2, 0) is 30.3 Å². The molecule has 7 heteroatoms. The van der Waals surface area contributed by atoms with Crippen molar-refractivity contribution in [3.05, 3.63) is 119 Å². The third-order valence-electron chi connectivity index (χ3n) is 6.24. The zero-order valence-corrected chi connectivity index (χ0v) is 21.9. The third-order valence-corrected chi connectivity index (χ3v) is 6.24. The number of carbonyl (C=O) groups is 3. The van der Waals surface area contributed by atoms with Gasteiger partial charge in [0.2, 0.25) is 5.91 Å². The van der Waals surface area contributed by atoms with E-state index < -0.39 is 30.3 Å². The van der Waals surface area contributed by atoms with E-state index in [-0.39, 0.29) is 24.6 Å². The number of hydrogen-bond acceptors (Lipinski definition) is 5. The smallest absolute Gasteiger partial charge is 0.356 e. The SMILES string of the molecule is C#CCO[C@H]1[C@@H](NC(=O)Cc2ccccc2)C(=O)N1C(C(=O)OC(c1ccccc1)c1ccccc1)=C(C)C. The molecule has 0 spiro atoms. The van der Waals surface area contributed by atoms with E-state index in [0.717, 1.165) is 16.7 Å². The van der Waals surface area contributed by atoms with Gasteiger partial charge in [-0.15, -0.1) is 6.42 Å². The fourth-order valence-corrected chi connectivity index (χ4v) is 4.44. The van der Waals surface area contributed by atoms with Gasteiger partial charge in [0.05, 0.1) is 6.42 Å². The molecule has 1 aliphatic heterocycles. The molecule has 1 aliphatic rings. The average Bonchev–Trinajstić information content (AvgIpc) is 2.95. The van der Waals surface area contributed by atoms with Gasteiger partial charge in [-0.3, -0.25) is 14.5 Å². The molecule has 0 aliphatic carbocycles. The quantitative estimate of drug-likeness (QED) is 0.187. The molecule has 4 rings (SSSR count). The number of nitrogens with one attached hydrogen (secondary N) is 1. The summed E-state index contributed by atoms with van der Waals surface area (Å²) in [6.07, 6.45) is 3.84. The van der Waals surface area contributed by atoms with Crippen LogP contribution in [-0.4, -0.2) is 41.6 Å². The standard InChI is InChI=1S/C32H30N2O5/c1-4-20-38-31-27(33-26(35)21-23-14-8-5-9-15-23)30(36)34(31)28(22(2)3)32(37)39-29(24-16-10-6-11-17-24)25-18-12-7-13-19-25/h1,5-19,27,29,31H,20-21H2,2-3H3,(H,33,35)/t27-,31-/m0/s1. The molecule has 39 heavy (non-hydrogen) atoms. The molecular weight excluding hydrogens is 492 g/mol. The predicted octanol–water partition coefficient (Wildman–Crippen LogP) is 4.16. The molecule has 1 fully saturated rings. The first-order chi connectivity index (χ1) is 18.9. The summed E-state index contributed by atoms with van der Waals surface area (Å²) < 4.78 is 11.8. The number of esters is 1. The van der Waals surface area contributed by atoms with Crippen molar-refractivity contribution in [1.82, 2.24) is 10.2 Å². The largest absolute Gasteiger partial charge is 0.448 e. The number of carbonyl (C=O) groups excluding carboxylic acids is 3. The van der Waals surface area contributed by atoms with Crippen molar-refractivity contribution >= 4 is 17.8 Å². The third kappa shape index (κ3) is 6.43. The Morgan fingerprint density at radius 3 is 1.97 bits per heavy atom. The molecule has 0 unspecified atom stereocenters. The highest BCUT2D eigenvalue weighted by atomic mass is 16.5. The summed E-state index contributed by atoms with van der Waals surface area (Å²) in [5.74, 6) is 0.865. The second-order valence-electron chi connectivity index (χ2n) is 9.28. The van der Waals surface area contributed by atoms with E-state index in [4.69, 9.17) is 15.9 Å². The lowest BCUT2D eigenvalue weighted by atomic mass is 9.99. The number of amides is 2. The van der Waals surface area contributed by atoms with Crippen LogP contribution in [0.4, 0.5) is 0 Å². The van der Waals surface area contributed by atoms with Gasteiger partial charge in [-0.2, -0.15) is 0 Å². The molecule has 0 aromatic heterocycles. The number of β-lactam (4-membered cyclic amide) rings is 1. The number of ether oxygens (including phenoxy) is 2. The van der Waals surface area contributed by atoms with E-state index in [1.54, 1.807) is 13.8 Å². The highest BCUT2D eigenvalue weighted by Crippen LogP contribution is 2.32. The topological polar surface area (TPSA) is 84.9 Å². The Hall–Kier alpha value is -4.67. The summed E-state index contributed by atoms with van der Waals surface area (Å²) in [5, 5.41) is 2.73. The van der Waals surface area contributed by atoms with Crippen LogP contribution >= 0.6 is 0 Å². The van der Waals surface area contributed by atoms with Crippen LogP contribution in [0.3, 0.4) is 0 Å². The van der Waals surface area contributed by atoms with Crippen molar-refractivity contribution in [3.8, 4) is 12.3 Å². The molecule has 0 bridgehead atoms. The molecule has 1 heterocycles. The van der Waals surface area contributed by atoms with Gasteiger partial charge in [0, 0.05) is 0 Å². The summed E-state index contributed by atoms with van der Waals surface area (Å²) >= 11 is 0. The summed E-state index contributed by atoms with van der Waals surface area (Å²) in [6.45, 7) is 3.31. The fourth-order valence-electron chi connectivity index (χ4n) is 4.44. The maximum absolute atomic E-state index is 13.7. The van der Waals surface area contributed by atoms with Crippen molar-refractivity contribution < 1.29 is 23.9 Å². The van der Waals surface area contributed by atoms with Crippen molar-refractivity contribution in [1.29, 1.82) is 0 Å². The van der Waals surface area contributed by atoms with Gasteiger partial charge in [-0.1, -0.05) is 96.9 Å². The first kappa shape index (κ1) is 27.4. The highest BCUT2D eigenvalue weighted by Gasteiger charge is 2.53. The normalized spacial score (nSPS) is 16.2. The second-order valence-corrected chi connectivity index (χ2v) is 9.28. The lowest BCUT2D eigenvalue weighted by molar-refractivity contribution is -0.180. The Kier molecular flexibility index (Phi) is 8.93. The van der Waals surface area contributed by atoms with Crippen LogP contribution in [0.2, 0.25) is 0 Å². The zero-order valence-electron chi connectivity index (χ0n) is 21.9. The summed E-state index contributed by atoms with van der Waals surface area (Å²) in [7, 11) is 0. The lowest BCUT2D eigenvalue weighted by Gasteiger charge is -2.46. The number of terminal acetylenes is 1. The Morgan fingerprint density at radius 1 is 0.923 bits per heavy atom. The molecule has 3 aromatic rings. The van der Waals surface area contributed by atoms with Gasteiger partial charge in [0.25, 0.3) is 5.91 Å². The highest BCUT2D eigenvalue weighted by molar-refractivity contribution is 6.01. The minimum atomic E-state index is -0.990. The lowest BCUT2D eigenvalue weighted by Crippen LogP contribution is -2.71. The van der Waals surface area contributed by atoms with E-state index in [1.807, 2.05) is 91.0 Å². The van der Waals surface area contributed by atoms with E-state index in [2.05, 4.69) is 11.2 Å². The van der Waals surface area contributed by atoms with Crippen LogP contribution in [0.15, 0.2) is 102 Å². The summed E-state index contributed by atoms with van der Waals surface area (Å²) in [6, 6.07) is 26.9. The second kappa shape index (κ2) is 12.7. The van der Waals surface area contributed by atoms with Crippen molar-refractivity contribution in [3.63, 3.8) is 0 Å². The fraction of sp³-hybridized carbons (Fsp3) is 0.219. The Bertz CT molecular complexity index is 1340. The Balaban J connectivity index is 1.56. The van der Waals surface area contributed by atoms with Crippen molar-refractivity contribution in [2.75, 3.05) is 6.61 Å². The maximum atomic E-state index is 13.7. The zero-order chi connectivity index (χ0) is 27.8. The van der Waals surface area contributed by atoms with Crippen LogP contribution in [0.1, 0.15) is 36.6 Å². The van der Waals surface area contributed by atoms with Gasteiger partial charge in [-0.25, -0.2) is 4.79 Å². The molecule has 7 nitrogen and oxygen atoms in total. The molecule has 3 aromatic carbocycles. The molecule has 0 saturated carbocycles. The number of rotatable bonds is 10. The maximum Gasteiger partial charge on any atom is 0.356 e. The van der Waals surface area contributed by atoms with Crippen LogP contribution in [0.5, 0.6) is 0 Å². The number of benzene rings is 3. The number of hydrogen-bond donors (Lipinski definition) is 1. The first-order valence-corrected chi connectivity index (χ1v) is 12.6. The van der Waals surface area contributed by atoms with E-state index in [9.17, 15) is 14.4 Å². The molecule has 0 radical (unpaired) electrons. The van der Waals surface area contributed by atoms with Gasteiger partial charge in [-0.05, 0) is 36.1 Å².